The van der Waals surface area contributed by atoms with Crippen molar-refractivity contribution >= 4 is 15.9 Å². The normalized spacial score (nSPS) is 10.7. The van der Waals surface area contributed by atoms with Crippen LogP contribution in [-0.2, 0) is 20.1 Å². The Morgan fingerprint density at radius 2 is 2.05 bits per heavy atom. The van der Waals surface area contributed by atoms with E-state index in [9.17, 15) is 0 Å². The van der Waals surface area contributed by atoms with Crippen LogP contribution in [0.15, 0.2) is 28.9 Å². The summed E-state index contributed by atoms with van der Waals surface area (Å²) in [6, 6.07) is 5.98. The third-order valence-corrected chi connectivity index (χ3v) is 3.99. The Hall–Kier alpha value is -1.33. The Bertz CT molecular complexity index is 566. The van der Waals surface area contributed by atoms with Gasteiger partial charge in [-0.1, -0.05) is 15.9 Å². The van der Waals surface area contributed by atoms with Crippen LogP contribution in [0.25, 0.3) is 0 Å². The van der Waals surface area contributed by atoms with Crippen molar-refractivity contribution < 1.29 is 4.74 Å². The number of nitrogens with one attached hydrogen (secondary N) is 1. The Morgan fingerprint density at radius 3 is 2.68 bits per heavy atom. The molecule has 2 rings (SSSR count). The molecule has 1 aromatic carbocycles. The highest BCUT2D eigenvalue weighted by Gasteiger charge is 2.05. The fourth-order valence-electron chi connectivity index (χ4n) is 1.86. The standard InChI is InChI=1S/C14H18BrN3O/c1-10-12(9-17-18(10)2)8-16-7-11-6-13(19-3)4-5-14(11)15/h4-6,9,16H,7-8H2,1-3H3. The second-order valence-corrected chi connectivity index (χ2v) is 5.29. The first-order valence-corrected chi connectivity index (χ1v) is 6.91. The molecule has 0 radical (unpaired) electrons. The van der Waals surface area contributed by atoms with Gasteiger partial charge in [0.1, 0.15) is 5.75 Å². The second kappa shape index (κ2) is 6.21. The Labute approximate surface area is 121 Å². The highest BCUT2D eigenvalue weighted by atomic mass is 79.9. The summed E-state index contributed by atoms with van der Waals surface area (Å²) < 4.78 is 8.21. The van der Waals surface area contributed by atoms with Gasteiger partial charge in [0.2, 0.25) is 0 Å². The van der Waals surface area contributed by atoms with Crippen LogP contribution >= 0.6 is 15.9 Å². The number of hydrogen-bond donors (Lipinski definition) is 1. The van der Waals surface area contributed by atoms with Crippen LogP contribution in [0.4, 0.5) is 0 Å². The van der Waals surface area contributed by atoms with E-state index in [2.05, 4.69) is 33.3 Å². The lowest BCUT2D eigenvalue weighted by molar-refractivity contribution is 0.414. The molecule has 0 saturated carbocycles. The minimum atomic E-state index is 0.784. The van der Waals surface area contributed by atoms with E-state index in [0.29, 0.717) is 0 Å². The van der Waals surface area contributed by atoms with Crippen molar-refractivity contribution in [3.8, 4) is 5.75 Å². The van der Waals surface area contributed by atoms with Gasteiger partial charge in [0.15, 0.2) is 0 Å². The molecule has 1 N–H and O–H groups in total. The van der Waals surface area contributed by atoms with Crippen molar-refractivity contribution in [2.24, 2.45) is 7.05 Å². The molecule has 5 heteroatoms. The molecule has 0 spiro atoms. The summed E-state index contributed by atoms with van der Waals surface area (Å²) in [4.78, 5) is 0. The monoisotopic (exact) mass is 323 g/mol. The van der Waals surface area contributed by atoms with E-state index in [0.717, 1.165) is 23.3 Å². The van der Waals surface area contributed by atoms with Crippen LogP contribution in [-0.4, -0.2) is 16.9 Å². The summed E-state index contributed by atoms with van der Waals surface area (Å²) in [5, 5.41) is 7.66. The number of rotatable bonds is 5. The lowest BCUT2D eigenvalue weighted by Gasteiger charge is -2.09. The van der Waals surface area contributed by atoms with Gasteiger partial charge in [0.25, 0.3) is 0 Å². The van der Waals surface area contributed by atoms with Crippen molar-refractivity contribution in [2.45, 2.75) is 20.0 Å². The van der Waals surface area contributed by atoms with Crippen LogP contribution in [0, 0.1) is 6.92 Å². The van der Waals surface area contributed by atoms with E-state index in [1.54, 1.807) is 7.11 Å². The third kappa shape index (κ3) is 3.36. The number of hydrogen-bond acceptors (Lipinski definition) is 3. The van der Waals surface area contributed by atoms with Gasteiger partial charge in [0.05, 0.1) is 13.3 Å². The molecule has 0 fully saturated rings. The quantitative estimate of drug-likeness (QED) is 0.919. The number of aromatic nitrogens is 2. The summed E-state index contributed by atoms with van der Waals surface area (Å²) in [5.41, 5.74) is 3.60. The van der Waals surface area contributed by atoms with Gasteiger partial charge in [-0.15, -0.1) is 0 Å². The van der Waals surface area contributed by atoms with E-state index in [1.807, 2.05) is 36.1 Å². The summed E-state index contributed by atoms with van der Waals surface area (Å²) >= 11 is 3.55. The molecule has 0 unspecified atom stereocenters. The first kappa shape index (κ1) is 14.1. The number of benzene rings is 1. The number of nitrogens with zero attached hydrogens (tertiary/aromatic N) is 2. The van der Waals surface area contributed by atoms with Gasteiger partial charge in [-0.25, -0.2) is 0 Å². The molecular formula is C14H18BrN3O. The fourth-order valence-corrected chi connectivity index (χ4v) is 2.25. The van der Waals surface area contributed by atoms with Gasteiger partial charge >= 0.3 is 0 Å². The van der Waals surface area contributed by atoms with Crippen LogP contribution in [0.2, 0.25) is 0 Å². The molecule has 0 saturated heterocycles. The maximum Gasteiger partial charge on any atom is 0.119 e. The maximum absolute atomic E-state index is 5.23. The third-order valence-electron chi connectivity index (χ3n) is 3.22. The van der Waals surface area contributed by atoms with Gasteiger partial charge in [-0.05, 0) is 30.7 Å². The molecule has 1 heterocycles. The Kier molecular flexibility index (Phi) is 4.61. The average Bonchev–Trinajstić information content (AvgIpc) is 2.73. The number of halogens is 1. The molecule has 102 valence electrons. The van der Waals surface area contributed by atoms with Crippen LogP contribution in [0.5, 0.6) is 5.75 Å². The van der Waals surface area contributed by atoms with Crippen molar-refractivity contribution in [3.05, 3.63) is 45.7 Å². The summed E-state index contributed by atoms with van der Waals surface area (Å²) in [5.74, 6) is 0.873. The number of ether oxygens (including phenoxy) is 1. The molecular weight excluding hydrogens is 306 g/mol. The molecule has 0 amide bonds. The highest BCUT2D eigenvalue weighted by Crippen LogP contribution is 2.22. The van der Waals surface area contributed by atoms with Gasteiger partial charge in [0, 0.05) is 35.9 Å². The smallest absolute Gasteiger partial charge is 0.119 e. The summed E-state index contributed by atoms with van der Waals surface area (Å²) in [6.45, 7) is 3.67. The first-order valence-electron chi connectivity index (χ1n) is 6.12. The van der Waals surface area contributed by atoms with Crippen molar-refractivity contribution in [2.75, 3.05) is 7.11 Å². The molecule has 0 atom stereocenters. The molecule has 0 aliphatic heterocycles. The average molecular weight is 324 g/mol. The molecule has 0 aliphatic rings. The number of aryl methyl sites for hydroxylation is 1. The zero-order valence-corrected chi connectivity index (χ0v) is 13.0. The molecule has 0 bridgehead atoms. The summed E-state index contributed by atoms with van der Waals surface area (Å²) in [7, 11) is 3.64. The number of methoxy groups -OCH3 is 1. The molecule has 0 aliphatic carbocycles. The zero-order chi connectivity index (χ0) is 13.8. The highest BCUT2D eigenvalue weighted by molar-refractivity contribution is 9.10. The van der Waals surface area contributed by atoms with E-state index >= 15 is 0 Å². The molecule has 19 heavy (non-hydrogen) atoms. The van der Waals surface area contributed by atoms with Gasteiger partial charge in [-0.3, -0.25) is 4.68 Å². The van der Waals surface area contributed by atoms with E-state index in [1.165, 1.54) is 16.8 Å². The molecule has 4 nitrogen and oxygen atoms in total. The van der Waals surface area contributed by atoms with E-state index < -0.39 is 0 Å². The molecule has 1 aromatic heterocycles. The summed E-state index contributed by atoms with van der Waals surface area (Å²) in [6.07, 6.45) is 1.91. The largest absolute Gasteiger partial charge is 0.497 e. The lowest BCUT2D eigenvalue weighted by atomic mass is 10.2. The SMILES string of the molecule is COc1ccc(Br)c(CNCc2cnn(C)c2C)c1. The predicted octanol–water partition coefficient (Wildman–Crippen LogP) is 2.79. The van der Waals surface area contributed by atoms with E-state index in [-0.39, 0.29) is 0 Å². The van der Waals surface area contributed by atoms with Crippen LogP contribution in [0.1, 0.15) is 16.8 Å². The first-order chi connectivity index (χ1) is 9.11. The minimum Gasteiger partial charge on any atom is -0.497 e. The van der Waals surface area contributed by atoms with Crippen LogP contribution < -0.4 is 10.1 Å². The van der Waals surface area contributed by atoms with E-state index in [4.69, 9.17) is 4.74 Å². The molecule has 2 aromatic rings. The Morgan fingerprint density at radius 1 is 1.32 bits per heavy atom. The topological polar surface area (TPSA) is 39.1 Å². The minimum absolute atomic E-state index is 0.784. The van der Waals surface area contributed by atoms with Gasteiger partial charge < -0.3 is 10.1 Å². The Balaban J connectivity index is 1.97. The lowest BCUT2D eigenvalue weighted by Crippen LogP contribution is -2.13. The zero-order valence-electron chi connectivity index (χ0n) is 11.4. The second-order valence-electron chi connectivity index (χ2n) is 4.44. The van der Waals surface area contributed by atoms with Crippen LogP contribution in [0.3, 0.4) is 0 Å². The van der Waals surface area contributed by atoms with Gasteiger partial charge in [-0.2, -0.15) is 5.10 Å². The predicted molar refractivity (Wildman–Crippen MR) is 79.2 cm³/mol. The van der Waals surface area contributed by atoms with Crippen molar-refractivity contribution in [3.63, 3.8) is 0 Å². The fraction of sp³-hybridized carbons (Fsp3) is 0.357. The maximum atomic E-state index is 5.23. The van der Waals surface area contributed by atoms with Crippen molar-refractivity contribution in [1.82, 2.24) is 15.1 Å². The van der Waals surface area contributed by atoms with Crippen molar-refractivity contribution in [1.29, 1.82) is 0 Å².